The Morgan fingerprint density at radius 1 is 1.12 bits per heavy atom. The predicted octanol–water partition coefficient (Wildman–Crippen LogP) is 5.48. The van der Waals surface area contributed by atoms with Crippen LogP contribution >= 0.6 is 23.2 Å². The number of aromatic nitrogens is 4. The highest BCUT2D eigenvalue weighted by Gasteiger charge is 2.18. The maximum Gasteiger partial charge on any atom is 0.276 e. The number of hydrogen-bond acceptors (Lipinski definition) is 4. The van der Waals surface area contributed by atoms with E-state index in [9.17, 15) is 9.18 Å². The topological polar surface area (TPSA) is 74.0 Å². The normalized spacial score (nSPS) is 10.9. The Hall–Kier alpha value is -3.36. The molecule has 0 aliphatic carbocycles. The van der Waals surface area contributed by atoms with E-state index in [0.717, 1.165) is 11.3 Å². The lowest BCUT2D eigenvalue weighted by Gasteiger charge is -2.08. The third-order valence-corrected chi connectivity index (χ3v) is 5.58. The van der Waals surface area contributed by atoms with Gasteiger partial charge < -0.3 is 10.1 Å². The van der Waals surface area contributed by atoms with Crippen molar-refractivity contribution in [3.8, 4) is 5.75 Å². The molecule has 1 amide bonds. The van der Waals surface area contributed by atoms with Crippen LogP contribution in [-0.2, 0) is 13.3 Å². The van der Waals surface area contributed by atoms with E-state index < -0.39 is 5.82 Å². The van der Waals surface area contributed by atoms with Gasteiger partial charge in [0.15, 0.2) is 12.4 Å². The first-order chi connectivity index (χ1) is 15.8. The summed E-state index contributed by atoms with van der Waals surface area (Å²) in [5, 5.41) is 12.5. The largest absolute Gasteiger partial charge is 0.471 e. The molecule has 7 nitrogen and oxygen atoms in total. The van der Waals surface area contributed by atoms with Crippen LogP contribution in [0.15, 0.2) is 54.7 Å². The number of carbonyl (C=O) groups excluding carboxylic acids is 1. The van der Waals surface area contributed by atoms with Crippen LogP contribution in [0.25, 0.3) is 0 Å². The molecular weight excluding hydrogens is 468 g/mol. The molecule has 2 heterocycles. The first-order valence-corrected chi connectivity index (χ1v) is 10.8. The molecule has 170 valence electrons. The quantitative estimate of drug-likeness (QED) is 0.374. The van der Waals surface area contributed by atoms with Gasteiger partial charge in [0.05, 0.1) is 23.6 Å². The number of nitrogens with zero attached hydrogens (tertiary/aromatic N) is 4. The summed E-state index contributed by atoms with van der Waals surface area (Å²) in [5.74, 6) is -0.173. The van der Waals surface area contributed by atoms with Crippen LogP contribution in [0.1, 0.15) is 27.4 Å². The molecule has 0 bridgehead atoms. The van der Waals surface area contributed by atoms with Gasteiger partial charge in [-0.1, -0.05) is 35.3 Å². The molecule has 0 aliphatic heterocycles. The fourth-order valence-corrected chi connectivity index (χ4v) is 3.68. The molecule has 0 fully saturated rings. The summed E-state index contributed by atoms with van der Waals surface area (Å²) in [6, 6.07) is 12.8. The first-order valence-electron chi connectivity index (χ1n) is 10.0. The fraction of sp³-hybridized carbons (Fsp3) is 0.174. The van der Waals surface area contributed by atoms with Gasteiger partial charge >= 0.3 is 0 Å². The zero-order valence-electron chi connectivity index (χ0n) is 17.8. The van der Waals surface area contributed by atoms with Crippen LogP contribution in [-0.4, -0.2) is 25.5 Å². The van der Waals surface area contributed by atoms with Gasteiger partial charge in [-0.05, 0) is 55.8 Å². The Kier molecular flexibility index (Phi) is 6.67. The minimum Gasteiger partial charge on any atom is -0.471 e. The smallest absolute Gasteiger partial charge is 0.276 e. The van der Waals surface area contributed by atoms with Crippen LogP contribution in [0.3, 0.4) is 0 Å². The number of hydrogen-bond donors (Lipinski definition) is 1. The van der Waals surface area contributed by atoms with E-state index in [1.807, 2.05) is 6.92 Å². The summed E-state index contributed by atoms with van der Waals surface area (Å²) >= 11 is 12.1. The van der Waals surface area contributed by atoms with Gasteiger partial charge in [-0.25, -0.2) is 9.07 Å². The number of ether oxygens (including phenoxy) is 1. The van der Waals surface area contributed by atoms with Gasteiger partial charge in [-0.2, -0.15) is 10.2 Å². The average Bonchev–Trinajstić information content (AvgIpc) is 3.35. The molecule has 33 heavy (non-hydrogen) atoms. The van der Waals surface area contributed by atoms with Crippen molar-refractivity contribution in [2.24, 2.45) is 0 Å². The third-order valence-electron chi connectivity index (χ3n) is 4.99. The van der Waals surface area contributed by atoms with Crippen LogP contribution in [0.5, 0.6) is 5.75 Å². The van der Waals surface area contributed by atoms with Gasteiger partial charge in [-0.15, -0.1) is 0 Å². The molecule has 0 atom stereocenters. The van der Waals surface area contributed by atoms with E-state index in [1.165, 1.54) is 16.8 Å². The van der Waals surface area contributed by atoms with Crippen molar-refractivity contribution in [2.45, 2.75) is 27.1 Å². The summed E-state index contributed by atoms with van der Waals surface area (Å²) in [6.45, 7) is 4.10. The minimum absolute atomic E-state index is 0.127. The van der Waals surface area contributed by atoms with Gasteiger partial charge in [0.1, 0.15) is 11.6 Å². The molecule has 2 aromatic carbocycles. The fourth-order valence-electron chi connectivity index (χ4n) is 3.27. The molecule has 0 radical (unpaired) electrons. The first kappa shape index (κ1) is 22.8. The summed E-state index contributed by atoms with van der Waals surface area (Å²) in [5.41, 5.74) is 2.92. The lowest BCUT2D eigenvalue weighted by Crippen LogP contribution is -2.15. The van der Waals surface area contributed by atoms with Gasteiger partial charge in [0.25, 0.3) is 5.91 Å². The van der Waals surface area contributed by atoms with Crippen molar-refractivity contribution in [1.82, 2.24) is 19.6 Å². The summed E-state index contributed by atoms with van der Waals surface area (Å²) in [6.07, 6.45) is 1.65. The molecule has 4 rings (SSSR count). The highest BCUT2D eigenvalue weighted by atomic mass is 35.5. The van der Waals surface area contributed by atoms with E-state index >= 15 is 0 Å². The van der Waals surface area contributed by atoms with Crippen molar-refractivity contribution in [2.75, 3.05) is 5.32 Å². The Balaban J connectivity index is 1.43. The van der Waals surface area contributed by atoms with Crippen molar-refractivity contribution < 1.29 is 13.9 Å². The monoisotopic (exact) mass is 487 g/mol. The minimum atomic E-state index is -0.400. The van der Waals surface area contributed by atoms with Crippen molar-refractivity contribution in [1.29, 1.82) is 0 Å². The zero-order valence-corrected chi connectivity index (χ0v) is 19.4. The lowest BCUT2D eigenvalue weighted by atomic mass is 10.2. The molecule has 4 aromatic rings. The van der Waals surface area contributed by atoms with E-state index in [-0.39, 0.29) is 18.3 Å². The number of amides is 1. The van der Waals surface area contributed by atoms with Crippen molar-refractivity contribution >= 4 is 34.8 Å². The summed E-state index contributed by atoms with van der Waals surface area (Å²) < 4.78 is 22.2. The number of anilines is 1. The molecular formula is C23H20Cl2FN5O2. The van der Waals surface area contributed by atoms with Crippen LogP contribution in [0.4, 0.5) is 10.1 Å². The Morgan fingerprint density at radius 3 is 2.70 bits per heavy atom. The van der Waals surface area contributed by atoms with Crippen LogP contribution in [0, 0.1) is 19.7 Å². The molecule has 0 unspecified atom stereocenters. The number of nitrogens with one attached hydrogen (secondary N) is 1. The Morgan fingerprint density at radius 2 is 1.94 bits per heavy atom. The van der Waals surface area contributed by atoms with E-state index in [0.29, 0.717) is 33.7 Å². The lowest BCUT2D eigenvalue weighted by molar-refractivity contribution is 0.102. The molecule has 10 heteroatoms. The predicted molar refractivity (Wildman–Crippen MR) is 124 cm³/mol. The number of halogens is 3. The summed E-state index contributed by atoms with van der Waals surface area (Å²) in [7, 11) is 0. The standard InChI is InChI=1S/C23H20Cl2FN5O2/c1-14-22(15(2)31(28-14)12-16-6-7-18(26)11-20(16)25)27-23(32)21-8-9-30(29-21)13-33-19-5-3-4-17(24)10-19/h3-11H,12-13H2,1-2H3,(H,27,32). The number of carbonyl (C=O) groups is 1. The van der Waals surface area contributed by atoms with E-state index in [2.05, 4.69) is 15.5 Å². The second-order valence-electron chi connectivity index (χ2n) is 7.36. The molecule has 0 saturated carbocycles. The average molecular weight is 488 g/mol. The second kappa shape index (κ2) is 9.64. The highest BCUT2D eigenvalue weighted by molar-refractivity contribution is 6.31. The van der Waals surface area contributed by atoms with Gasteiger partial charge in [0, 0.05) is 16.2 Å². The molecule has 0 saturated heterocycles. The SMILES string of the molecule is Cc1nn(Cc2ccc(F)cc2Cl)c(C)c1NC(=O)c1ccn(COc2cccc(Cl)c2)n1. The van der Waals surface area contributed by atoms with Crippen molar-refractivity contribution in [3.05, 3.63) is 93.2 Å². The molecule has 0 aliphatic rings. The maximum absolute atomic E-state index is 13.3. The number of rotatable bonds is 7. The van der Waals surface area contributed by atoms with Crippen molar-refractivity contribution in [3.63, 3.8) is 0 Å². The second-order valence-corrected chi connectivity index (χ2v) is 8.21. The van der Waals surface area contributed by atoms with Crippen LogP contribution in [0.2, 0.25) is 10.0 Å². The van der Waals surface area contributed by atoms with E-state index in [4.69, 9.17) is 27.9 Å². The molecule has 0 spiro atoms. The van der Waals surface area contributed by atoms with E-state index in [1.54, 1.807) is 54.2 Å². The zero-order chi connectivity index (χ0) is 23.5. The van der Waals surface area contributed by atoms with Crippen LogP contribution < -0.4 is 10.1 Å². The summed E-state index contributed by atoms with van der Waals surface area (Å²) in [4.78, 5) is 12.8. The maximum atomic E-state index is 13.3. The van der Waals surface area contributed by atoms with Gasteiger partial charge in [0.2, 0.25) is 0 Å². The number of aryl methyl sites for hydroxylation is 1. The number of benzene rings is 2. The third kappa shape index (κ3) is 5.35. The Bertz CT molecular complexity index is 1320. The van der Waals surface area contributed by atoms with Gasteiger partial charge in [-0.3, -0.25) is 9.48 Å². The highest BCUT2D eigenvalue weighted by Crippen LogP contribution is 2.24. The Labute approximate surface area is 199 Å². The molecule has 2 aromatic heterocycles. The molecule has 1 N–H and O–H groups in total.